The number of anilines is 2. The number of nitrogens with one attached hydrogen (secondary N) is 2. The Morgan fingerprint density at radius 2 is 2.10 bits per heavy atom. The molecule has 2 N–H and O–H groups in total. The van der Waals surface area contributed by atoms with E-state index in [0.717, 1.165) is 36.2 Å². The molecule has 1 atom stereocenters. The summed E-state index contributed by atoms with van der Waals surface area (Å²) >= 11 is 0. The Labute approximate surface area is 179 Å². The van der Waals surface area contributed by atoms with Gasteiger partial charge in [0.25, 0.3) is 0 Å². The number of hydrogen-bond donors (Lipinski definition) is 2. The maximum Gasteiger partial charge on any atom is 0.0731 e. The Bertz CT molecular complexity index is 1120. The fourth-order valence-corrected chi connectivity index (χ4v) is 4.36. The van der Waals surface area contributed by atoms with Crippen LogP contribution in [0.5, 0.6) is 0 Å². The number of benzene rings is 2. The van der Waals surface area contributed by atoms with Crippen LogP contribution in [0.2, 0.25) is 0 Å². The minimum Gasteiger partial charge on any atom is -0.374 e. The van der Waals surface area contributed by atoms with Crippen LogP contribution in [0.15, 0.2) is 79.0 Å². The molecule has 1 unspecified atom stereocenters. The summed E-state index contributed by atoms with van der Waals surface area (Å²) in [7, 11) is 2.16. The number of H-pyrrole nitrogens is 1. The highest BCUT2D eigenvalue weighted by Crippen LogP contribution is 2.34. The van der Waals surface area contributed by atoms with Crippen LogP contribution in [-0.2, 0) is 6.42 Å². The second-order valence-corrected chi connectivity index (χ2v) is 7.99. The molecule has 0 saturated heterocycles. The van der Waals surface area contributed by atoms with Gasteiger partial charge in [-0.1, -0.05) is 49.9 Å². The zero-order valence-corrected chi connectivity index (χ0v) is 18.2. The van der Waals surface area contributed by atoms with Gasteiger partial charge in [-0.25, -0.2) is 0 Å². The van der Waals surface area contributed by atoms with Crippen molar-refractivity contribution in [3.05, 3.63) is 90.2 Å². The van der Waals surface area contributed by atoms with Crippen molar-refractivity contribution in [1.82, 2.24) is 4.98 Å². The van der Waals surface area contributed by atoms with Crippen LogP contribution in [0.3, 0.4) is 0 Å². The average molecular weight is 398 g/mol. The Hall–Kier alpha value is -3.20. The number of fused-ring (bicyclic) bond motifs is 2. The number of allylic oxidation sites excluding steroid dienone is 3. The molecule has 0 bridgehead atoms. The Kier molecular flexibility index (Phi) is 5.80. The molecular formula is C27H31N3. The van der Waals surface area contributed by atoms with E-state index in [-0.39, 0.29) is 6.04 Å². The summed E-state index contributed by atoms with van der Waals surface area (Å²) in [4.78, 5) is 5.72. The third-order valence-electron chi connectivity index (χ3n) is 6.08. The molecule has 0 radical (unpaired) electrons. The van der Waals surface area contributed by atoms with E-state index in [4.69, 9.17) is 0 Å². The van der Waals surface area contributed by atoms with Gasteiger partial charge in [0.2, 0.25) is 0 Å². The maximum absolute atomic E-state index is 4.55. The highest BCUT2D eigenvalue weighted by atomic mass is 15.1. The molecule has 3 heteroatoms. The van der Waals surface area contributed by atoms with Crippen LogP contribution in [0, 0.1) is 0 Å². The maximum atomic E-state index is 4.55. The van der Waals surface area contributed by atoms with Crippen LogP contribution in [-0.4, -0.2) is 24.6 Å². The van der Waals surface area contributed by atoms with Gasteiger partial charge in [0, 0.05) is 47.6 Å². The van der Waals surface area contributed by atoms with Crippen molar-refractivity contribution in [3.63, 3.8) is 0 Å². The molecule has 0 saturated carbocycles. The molecule has 1 aliphatic rings. The van der Waals surface area contributed by atoms with E-state index >= 15 is 0 Å². The first-order valence-electron chi connectivity index (χ1n) is 10.8. The molecule has 30 heavy (non-hydrogen) atoms. The zero-order valence-electron chi connectivity index (χ0n) is 18.2. The smallest absolute Gasteiger partial charge is 0.0731 e. The van der Waals surface area contributed by atoms with Gasteiger partial charge in [-0.05, 0) is 60.7 Å². The lowest BCUT2D eigenvalue weighted by Gasteiger charge is -2.25. The molecule has 3 nitrogen and oxygen atoms in total. The highest BCUT2D eigenvalue weighted by molar-refractivity contribution is 5.94. The monoisotopic (exact) mass is 397 g/mol. The van der Waals surface area contributed by atoms with Crippen molar-refractivity contribution in [1.29, 1.82) is 0 Å². The molecule has 154 valence electrons. The summed E-state index contributed by atoms with van der Waals surface area (Å²) < 4.78 is 0. The number of aromatic amines is 1. The lowest BCUT2D eigenvalue weighted by molar-refractivity contribution is 0.945. The molecular weight excluding hydrogens is 366 g/mol. The Morgan fingerprint density at radius 3 is 2.90 bits per heavy atom. The van der Waals surface area contributed by atoms with E-state index in [2.05, 4.69) is 110 Å². The molecule has 0 spiro atoms. The summed E-state index contributed by atoms with van der Waals surface area (Å²) in [6.07, 6.45) is 10.6. The van der Waals surface area contributed by atoms with Crippen molar-refractivity contribution < 1.29 is 0 Å². The van der Waals surface area contributed by atoms with E-state index in [1.165, 1.54) is 27.8 Å². The van der Waals surface area contributed by atoms with E-state index in [0.29, 0.717) is 0 Å². The van der Waals surface area contributed by atoms with Gasteiger partial charge in [0.1, 0.15) is 0 Å². The van der Waals surface area contributed by atoms with Crippen LogP contribution in [0.1, 0.15) is 31.4 Å². The predicted octanol–water partition coefficient (Wildman–Crippen LogP) is 6.57. The number of rotatable bonds is 7. The molecule has 2 aromatic carbocycles. The number of para-hydroxylation sites is 1. The highest BCUT2D eigenvalue weighted by Gasteiger charge is 2.22. The summed E-state index contributed by atoms with van der Waals surface area (Å²) in [6, 6.07) is 15.2. The van der Waals surface area contributed by atoms with Crippen LogP contribution >= 0.6 is 0 Å². The summed E-state index contributed by atoms with van der Waals surface area (Å²) in [5.41, 5.74) is 8.62. The van der Waals surface area contributed by atoms with Gasteiger partial charge in [-0.15, -0.1) is 0 Å². The third-order valence-corrected chi connectivity index (χ3v) is 6.08. The molecule has 3 aromatic rings. The third kappa shape index (κ3) is 3.80. The van der Waals surface area contributed by atoms with Gasteiger partial charge >= 0.3 is 0 Å². The standard InChI is InChI=1S/C27H31N3/c1-5-7-10-20(6-2)27(19(3)24-18-28-25-12-9-8-11-23(24)25)29-22-13-14-26-21(17-22)15-16-30(26)4/h5,7-14,17-18,27-29H,3,6,15-16H2,1-2,4H3/b7-5-,20-10+. The first-order chi connectivity index (χ1) is 14.6. The fraction of sp³-hybridized carbons (Fsp3) is 0.259. The number of nitrogens with zero attached hydrogens (tertiary/aromatic N) is 1. The zero-order chi connectivity index (χ0) is 21.1. The molecule has 2 heterocycles. The van der Waals surface area contributed by atoms with E-state index in [9.17, 15) is 0 Å². The lowest BCUT2D eigenvalue weighted by Crippen LogP contribution is -2.23. The summed E-state index contributed by atoms with van der Waals surface area (Å²) in [6.45, 7) is 9.90. The number of hydrogen-bond acceptors (Lipinski definition) is 2. The van der Waals surface area contributed by atoms with E-state index in [1.54, 1.807) is 0 Å². The molecule has 4 rings (SSSR count). The second-order valence-electron chi connectivity index (χ2n) is 7.99. The van der Waals surface area contributed by atoms with Crippen molar-refractivity contribution in [2.75, 3.05) is 23.8 Å². The Morgan fingerprint density at radius 1 is 1.27 bits per heavy atom. The van der Waals surface area contributed by atoms with Crippen LogP contribution in [0.4, 0.5) is 11.4 Å². The van der Waals surface area contributed by atoms with Gasteiger partial charge in [-0.2, -0.15) is 0 Å². The van der Waals surface area contributed by atoms with Crippen molar-refractivity contribution in [2.45, 2.75) is 32.7 Å². The minimum atomic E-state index is 0.0302. The second kappa shape index (κ2) is 8.66. The summed E-state index contributed by atoms with van der Waals surface area (Å²) in [5, 5.41) is 5.02. The largest absolute Gasteiger partial charge is 0.374 e. The van der Waals surface area contributed by atoms with Crippen molar-refractivity contribution >= 4 is 27.9 Å². The Balaban J connectivity index is 1.72. The first-order valence-corrected chi connectivity index (χ1v) is 10.8. The normalized spacial score (nSPS) is 15.0. The van der Waals surface area contributed by atoms with Gasteiger partial charge in [-0.3, -0.25) is 0 Å². The van der Waals surface area contributed by atoms with E-state index < -0.39 is 0 Å². The fourth-order valence-electron chi connectivity index (χ4n) is 4.36. The minimum absolute atomic E-state index is 0.0302. The van der Waals surface area contributed by atoms with E-state index in [1.807, 2.05) is 0 Å². The summed E-state index contributed by atoms with van der Waals surface area (Å²) in [5.74, 6) is 0. The topological polar surface area (TPSA) is 31.1 Å². The number of likely N-dealkylation sites (N-methyl/N-ethyl adjacent to an activating group) is 1. The average Bonchev–Trinajstić information content (AvgIpc) is 3.36. The molecule has 1 aromatic heterocycles. The van der Waals surface area contributed by atoms with Crippen LogP contribution in [0.25, 0.3) is 16.5 Å². The number of aromatic nitrogens is 1. The van der Waals surface area contributed by atoms with Crippen molar-refractivity contribution in [2.24, 2.45) is 0 Å². The molecule has 0 fully saturated rings. The lowest BCUT2D eigenvalue weighted by atomic mass is 9.91. The molecule has 0 amide bonds. The predicted molar refractivity (Wildman–Crippen MR) is 131 cm³/mol. The molecule has 1 aliphatic heterocycles. The van der Waals surface area contributed by atoms with Gasteiger partial charge in [0.05, 0.1) is 6.04 Å². The van der Waals surface area contributed by atoms with Gasteiger partial charge in [0.15, 0.2) is 0 Å². The first kappa shape index (κ1) is 20.1. The molecule has 0 aliphatic carbocycles. The quantitative estimate of drug-likeness (QED) is 0.442. The SMILES string of the molecule is C=C(c1c[nH]c2ccccc12)C(Nc1ccc2c(c1)CCN2C)/C(=C/C=C\C)CC. The van der Waals surface area contributed by atoms with Crippen LogP contribution < -0.4 is 10.2 Å². The van der Waals surface area contributed by atoms with Gasteiger partial charge < -0.3 is 15.2 Å². The van der Waals surface area contributed by atoms with Crippen molar-refractivity contribution in [3.8, 4) is 0 Å².